The molecule has 0 aliphatic rings. The maximum Gasteiger partial charge on any atom is 0.245 e. The lowest BCUT2D eigenvalue weighted by molar-refractivity contribution is -0.118. The number of halogens is 1. The van der Waals surface area contributed by atoms with Crippen LogP contribution in [0.4, 0.5) is 5.13 Å². The Bertz CT molecular complexity index is 663. The highest BCUT2D eigenvalue weighted by Gasteiger charge is 2.15. The SMILES string of the molecule is COCC(N)C(=O)Nc1nc(-c2ccc(OC)c(Cl)c2)cs1. The van der Waals surface area contributed by atoms with Gasteiger partial charge in [0.1, 0.15) is 11.8 Å². The lowest BCUT2D eigenvalue weighted by Crippen LogP contribution is -2.39. The molecule has 2 rings (SSSR count). The van der Waals surface area contributed by atoms with Crippen molar-refractivity contribution >= 4 is 34.0 Å². The average molecular weight is 342 g/mol. The highest BCUT2D eigenvalue weighted by molar-refractivity contribution is 7.14. The number of ether oxygens (including phenoxy) is 2. The van der Waals surface area contributed by atoms with Crippen molar-refractivity contribution in [3.05, 3.63) is 28.6 Å². The van der Waals surface area contributed by atoms with Gasteiger partial charge in [0.25, 0.3) is 0 Å². The molecule has 0 radical (unpaired) electrons. The van der Waals surface area contributed by atoms with Gasteiger partial charge in [-0.05, 0) is 18.2 Å². The second-order valence-corrected chi connectivity index (χ2v) is 5.70. The number of benzene rings is 1. The topological polar surface area (TPSA) is 86.5 Å². The summed E-state index contributed by atoms with van der Waals surface area (Å²) in [6, 6.07) is 4.65. The monoisotopic (exact) mass is 341 g/mol. The lowest BCUT2D eigenvalue weighted by Gasteiger charge is -2.08. The lowest BCUT2D eigenvalue weighted by atomic mass is 10.2. The second kappa shape index (κ2) is 7.55. The Morgan fingerprint density at radius 3 is 2.91 bits per heavy atom. The summed E-state index contributed by atoms with van der Waals surface area (Å²) in [7, 11) is 3.04. The van der Waals surface area contributed by atoms with E-state index in [1.807, 2.05) is 11.4 Å². The van der Waals surface area contributed by atoms with Crippen molar-refractivity contribution in [2.75, 3.05) is 26.1 Å². The summed E-state index contributed by atoms with van der Waals surface area (Å²) in [5.41, 5.74) is 7.20. The Morgan fingerprint density at radius 1 is 1.50 bits per heavy atom. The van der Waals surface area contributed by atoms with Gasteiger partial charge in [-0.2, -0.15) is 0 Å². The third-order valence-electron chi connectivity index (χ3n) is 2.86. The van der Waals surface area contributed by atoms with E-state index in [-0.39, 0.29) is 12.5 Å². The number of methoxy groups -OCH3 is 2. The molecule has 3 N–H and O–H groups in total. The number of nitrogens with one attached hydrogen (secondary N) is 1. The number of aromatic nitrogens is 1. The van der Waals surface area contributed by atoms with Crippen molar-refractivity contribution < 1.29 is 14.3 Å². The van der Waals surface area contributed by atoms with E-state index in [1.165, 1.54) is 18.4 Å². The summed E-state index contributed by atoms with van der Waals surface area (Å²) in [4.78, 5) is 16.1. The van der Waals surface area contributed by atoms with E-state index < -0.39 is 6.04 Å². The zero-order valence-electron chi connectivity index (χ0n) is 12.1. The number of rotatable bonds is 6. The maximum atomic E-state index is 11.8. The highest BCUT2D eigenvalue weighted by atomic mass is 35.5. The molecule has 8 heteroatoms. The Hall–Kier alpha value is -1.67. The molecule has 0 aliphatic heterocycles. The van der Waals surface area contributed by atoms with Crippen LogP contribution in [0.15, 0.2) is 23.6 Å². The highest BCUT2D eigenvalue weighted by Crippen LogP contribution is 2.31. The van der Waals surface area contributed by atoms with Crippen LogP contribution in [0.3, 0.4) is 0 Å². The molecule has 1 unspecified atom stereocenters. The van der Waals surface area contributed by atoms with Crippen molar-refractivity contribution in [1.29, 1.82) is 0 Å². The molecule has 0 fully saturated rings. The molecular formula is C14H16ClN3O3S. The van der Waals surface area contributed by atoms with Crippen LogP contribution in [0, 0.1) is 0 Å². The molecule has 6 nitrogen and oxygen atoms in total. The summed E-state index contributed by atoms with van der Waals surface area (Å²) in [6.45, 7) is 0.151. The fraction of sp³-hybridized carbons (Fsp3) is 0.286. The van der Waals surface area contributed by atoms with E-state index in [1.54, 1.807) is 19.2 Å². The largest absolute Gasteiger partial charge is 0.495 e. The average Bonchev–Trinajstić information content (AvgIpc) is 2.95. The molecule has 1 amide bonds. The number of carbonyl (C=O) groups excluding carboxylic acids is 1. The van der Waals surface area contributed by atoms with Gasteiger partial charge in [0.2, 0.25) is 5.91 Å². The number of carbonyl (C=O) groups is 1. The molecule has 118 valence electrons. The zero-order valence-corrected chi connectivity index (χ0v) is 13.7. The first-order valence-corrected chi connectivity index (χ1v) is 7.65. The number of nitrogens with zero attached hydrogens (tertiary/aromatic N) is 1. The number of nitrogens with two attached hydrogens (primary N) is 1. The summed E-state index contributed by atoms with van der Waals surface area (Å²) >= 11 is 7.41. The molecule has 1 aromatic carbocycles. The molecule has 1 aromatic heterocycles. The number of thiazole rings is 1. The predicted molar refractivity (Wildman–Crippen MR) is 87.6 cm³/mol. The molecule has 0 bridgehead atoms. The molecule has 1 atom stereocenters. The van der Waals surface area contributed by atoms with E-state index in [0.29, 0.717) is 21.6 Å². The molecule has 0 aliphatic carbocycles. The van der Waals surface area contributed by atoms with Crippen LogP contribution >= 0.6 is 22.9 Å². The molecular weight excluding hydrogens is 326 g/mol. The van der Waals surface area contributed by atoms with Crippen molar-refractivity contribution in [2.24, 2.45) is 5.73 Å². The number of hydrogen-bond acceptors (Lipinski definition) is 6. The number of anilines is 1. The van der Waals surface area contributed by atoms with E-state index in [2.05, 4.69) is 10.3 Å². The van der Waals surface area contributed by atoms with E-state index >= 15 is 0 Å². The van der Waals surface area contributed by atoms with Crippen LogP contribution in [0.25, 0.3) is 11.3 Å². The molecule has 1 heterocycles. The van der Waals surface area contributed by atoms with E-state index in [4.69, 9.17) is 26.8 Å². The maximum absolute atomic E-state index is 11.8. The molecule has 22 heavy (non-hydrogen) atoms. The second-order valence-electron chi connectivity index (χ2n) is 4.44. The van der Waals surface area contributed by atoms with Gasteiger partial charge in [-0.3, -0.25) is 4.79 Å². The molecule has 0 spiro atoms. The first-order chi connectivity index (χ1) is 10.5. The van der Waals surface area contributed by atoms with Gasteiger partial charge in [0.05, 0.1) is 24.4 Å². The summed E-state index contributed by atoms with van der Waals surface area (Å²) in [6.07, 6.45) is 0. The van der Waals surface area contributed by atoms with Crippen molar-refractivity contribution in [3.8, 4) is 17.0 Å². The van der Waals surface area contributed by atoms with Gasteiger partial charge < -0.3 is 20.5 Å². The minimum absolute atomic E-state index is 0.151. The molecule has 2 aromatic rings. The fourth-order valence-electron chi connectivity index (χ4n) is 1.74. The fourth-order valence-corrected chi connectivity index (χ4v) is 2.72. The van der Waals surface area contributed by atoms with Crippen LogP contribution in [0.2, 0.25) is 5.02 Å². The van der Waals surface area contributed by atoms with Gasteiger partial charge >= 0.3 is 0 Å². The van der Waals surface area contributed by atoms with E-state index in [9.17, 15) is 4.79 Å². The van der Waals surface area contributed by atoms with Crippen LogP contribution in [0.1, 0.15) is 0 Å². The van der Waals surface area contributed by atoms with Gasteiger partial charge in [-0.25, -0.2) is 4.98 Å². The smallest absolute Gasteiger partial charge is 0.245 e. The summed E-state index contributed by atoms with van der Waals surface area (Å²) in [5.74, 6) is 0.259. The van der Waals surface area contributed by atoms with E-state index in [0.717, 1.165) is 5.56 Å². The van der Waals surface area contributed by atoms with Gasteiger partial charge in [0, 0.05) is 18.1 Å². The number of amides is 1. The Labute approximate surface area is 137 Å². The summed E-state index contributed by atoms with van der Waals surface area (Å²) < 4.78 is 9.95. The van der Waals surface area contributed by atoms with Crippen LogP contribution in [-0.2, 0) is 9.53 Å². The van der Waals surface area contributed by atoms with Gasteiger partial charge in [0.15, 0.2) is 5.13 Å². The first kappa shape index (κ1) is 16.7. The normalized spacial score (nSPS) is 12.0. The first-order valence-electron chi connectivity index (χ1n) is 6.40. The Kier molecular flexibility index (Phi) is 5.73. The van der Waals surface area contributed by atoms with Gasteiger partial charge in [-0.1, -0.05) is 11.6 Å². The zero-order chi connectivity index (χ0) is 16.1. The standard InChI is InChI=1S/C14H16ClN3O3S/c1-20-6-10(16)13(19)18-14-17-11(7-22-14)8-3-4-12(21-2)9(15)5-8/h3-5,7,10H,6,16H2,1-2H3,(H,17,18,19). The van der Waals surface area contributed by atoms with Crippen LogP contribution in [-0.4, -0.2) is 37.8 Å². The summed E-state index contributed by atoms with van der Waals surface area (Å²) in [5, 5.41) is 5.46. The minimum atomic E-state index is -0.729. The van der Waals surface area contributed by atoms with Crippen LogP contribution < -0.4 is 15.8 Å². The van der Waals surface area contributed by atoms with Crippen molar-refractivity contribution in [3.63, 3.8) is 0 Å². The molecule has 0 saturated carbocycles. The Morgan fingerprint density at radius 2 is 2.27 bits per heavy atom. The third kappa shape index (κ3) is 3.95. The number of hydrogen-bond donors (Lipinski definition) is 2. The third-order valence-corrected chi connectivity index (χ3v) is 3.92. The quantitative estimate of drug-likeness (QED) is 0.842. The van der Waals surface area contributed by atoms with Crippen molar-refractivity contribution in [1.82, 2.24) is 4.98 Å². The van der Waals surface area contributed by atoms with Gasteiger partial charge in [-0.15, -0.1) is 11.3 Å². The predicted octanol–water partition coefficient (Wildman–Crippen LogP) is 2.38. The molecule has 0 saturated heterocycles. The minimum Gasteiger partial charge on any atom is -0.495 e. The Balaban J connectivity index is 2.11. The van der Waals surface area contributed by atoms with Crippen molar-refractivity contribution in [2.45, 2.75) is 6.04 Å². The van der Waals surface area contributed by atoms with Crippen LogP contribution in [0.5, 0.6) is 5.75 Å².